The highest BCUT2D eigenvalue weighted by Crippen LogP contribution is 2.30. The molecule has 3 heteroatoms. The number of para-hydroxylation sites is 1. The lowest BCUT2D eigenvalue weighted by atomic mass is 10.0. The summed E-state index contributed by atoms with van der Waals surface area (Å²) >= 11 is 0. The Morgan fingerprint density at radius 3 is 2.68 bits per heavy atom. The molecule has 0 heterocycles. The quantitative estimate of drug-likeness (QED) is 0.588. The standard InChI is InChI=1S/C16H16O3/c1-18-9-10-19-16-8-3-2-7-15(16)14-6-4-5-13(11-14)12-17/h2-8,11-12H,9-10H2,1H3. The molecular weight excluding hydrogens is 240 g/mol. The van der Waals surface area contributed by atoms with Crippen LogP contribution in [-0.4, -0.2) is 26.6 Å². The summed E-state index contributed by atoms with van der Waals surface area (Å²) in [6.45, 7) is 1.05. The second-order valence-electron chi connectivity index (χ2n) is 4.08. The van der Waals surface area contributed by atoms with Gasteiger partial charge in [-0.2, -0.15) is 0 Å². The Morgan fingerprint density at radius 1 is 1.05 bits per heavy atom. The zero-order valence-corrected chi connectivity index (χ0v) is 10.8. The topological polar surface area (TPSA) is 35.5 Å². The highest BCUT2D eigenvalue weighted by Gasteiger charge is 2.06. The molecule has 0 aliphatic carbocycles. The van der Waals surface area contributed by atoms with E-state index < -0.39 is 0 Å². The fourth-order valence-corrected chi connectivity index (χ4v) is 1.85. The lowest BCUT2D eigenvalue weighted by molar-refractivity contribution is 0.112. The summed E-state index contributed by atoms with van der Waals surface area (Å²) < 4.78 is 10.7. The number of carbonyl (C=O) groups is 1. The summed E-state index contributed by atoms with van der Waals surface area (Å²) in [6.07, 6.45) is 0.845. The summed E-state index contributed by atoms with van der Waals surface area (Å²) in [5, 5.41) is 0. The monoisotopic (exact) mass is 256 g/mol. The molecule has 0 amide bonds. The van der Waals surface area contributed by atoms with Crippen molar-refractivity contribution in [3.05, 3.63) is 54.1 Å². The smallest absolute Gasteiger partial charge is 0.150 e. The summed E-state index contributed by atoms with van der Waals surface area (Å²) in [7, 11) is 1.64. The van der Waals surface area contributed by atoms with Crippen LogP contribution in [0.2, 0.25) is 0 Å². The van der Waals surface area contributed by atoms with Crippen LogP contribution in [-0.2, 0) is 4.74 Å². The van der Waals surface area contributed by atoms with Crippen LogP contribution in [0.15, 0.2) is 48.5 Å². The molecule has 98 valence electrons. The number of benzene rings is 2. The van der Waals surface area contributed by atoms with Gasteiger partial charge in [-0.3, -0.25) is 4.79 Å². The maximum atomic E-state index is 10.8. The number of rotatable bonds is 6. The summed E-state index contributed by atoms with van der Waals surface area (Å²) in [6, 6.07) is 15.2. The molecule has 2 aromatic rings. The van der Waals surface area contributed by atoms with Crippen LogP contribution in [0, 0.1) is 0 Å². The van der Waals surface area contributed by atoms with Crippen LogP contribution in [0.25, 0.3) is 11.1 Å². The zero-order valence-electron chi connectivity index (χ0n) is 10.8. The van der Waals surface area contributed by atoms with Gasteiger partial charge in [0, 0.05) is 18.2 Å². The van der Waals surface area contributed by atoms with E-state index in [2.05, 4.69) is 0 Å². The minimum absolute atomic E-state index is 0.501. The number of carbonyl (C=O) groups excluding carboxylic acids is 1. The van der Waals surface area contributed by atoms with Gasteiger partial charge in [0.25, 0.3) is 0 Å². The minimum atomic E-state index is 0.501. The first-order chi connectivity index (χ1) is 9.35. The normalized spacial score (nSPS) is 10.2. The fraction of sp³-hybridized carbons (Fsp3) is 0.188. The second-order valence-corrected chi connectivity index (χ2v) is 4.08. The summed E-state index contributed by atoms with van der Waals surface area (Å²) in [5.41, 5.74) is 2.60. The van der Waals surface area contributed by atoms with Crippen molar-refractivity contribution in [1.82, 2.24) is 0 Å². The van der Waals surface area contributed by atoms with Gasteiger partial charge < -0.3 is 9.47 Å². The lowest BCUT2D eigenvalue weighted by Crippen LogP contribution is -2.05. The Kier molecular flexibility index (Phi) is 4.70. The highest BCUT2D eigenvalue weighted by molar-refractivity contribution is 5.80. The van der Waals surface area contributed by atoms with Crippen molar-refractivity contribution >= 4 is 6.29 Å². The molecule has 2 rings (SSSR count). The van der Waals surface area contributed by atoms with E-state index in [1.165, 1.54) is 0 Å². The van der Waals surface area contributed by atoms with Gasteiger partial charge in [0.1, 0.15) is 18.6 Å². The van der Waals surface area contributed by atoms with Crippen molar-refractivity contribution in [3.63, 3.8) is 0 Å². The number of hydrogen-bond donors (Lipinski definition) is 0. The molecule has 0 aliphatic heterocycles. The third-order valence-electron chi connectivity index (χ3n) is 2.77. The molecule has 0 aromatic heterocycles. The second kappa shape index (κ2) is 6.71. The Balaban J connectivity index is 2.29. The molecular formula is C16H16O3. The minimum Gasteiger partial charge on any atom is -0.491 e. The molecule has 0 atom stereocenters. The Labute approximate surface area is 112 Å². The molecule has 0 bridgehead atoms. The number of aldehydes is 1. The molecule has 3 nitrogen and oxygen atoms in total. The first kappa shape index (κ1) is 13.3. The highest BCUT2D eigenvalue weighted by atomic mass is 16.5. The molecule has 19 heavy (non-hydrogen) atoms. The van der Waals surface area contributed by atoms with Crippen molar-refractivity contribution in [3.8, 4) is 16.9 Å². The van der Waals surface area contributed by atoms with Gasteiger partial charge >= 0.3 is 0 Å². The van der Waals surface area contributed by atoms with Crippen molar-refractivity contribution in [2.45, 2.75) is 0 Å². The van der Waals surface area contributed by atoms with E-state index in [-0.39, 0.29) is 0 Å². The van der Waals surface area contributed by atoms with Crippen molar-refractivity contribution in [1.29, 1.82) is 0 Å². The van der Waals surface area contributed by atoms with E-state index in [0.717, 1.165) is 23.2 Å². The van der Waals surface area contributed by atoms with Gasteiger partial charge in [-0.25, -0.2) is 0 Å². The molecule has 0 saturated heterocycles. The predicted octanol–water partition coefficient (Wildman–Crippen LogP) is 3.19. The molecule has 0 N–H and O–H groups in total. The van der Waals surface area contributed by atoms with Crippen molar-refractivity contribution < 1.29 is 14.3 Å². The molecule has 0 aliphatic rings. The van der Waals surface area contributed by atoms with Crippen LogP contribution in [0.4, 0.5) is 0 Å². The third kappa shape index (κ3) is 3.42. The van der Waals surface area contributed by atoms with Gasteiger partial charge in [-0.1, -0.05) is 36.4 Å². The first-order valence-electron chi connectivity index (χ1n) is 6.11. The van der Waals surface area contributed by atoms with Gasteiger partial charge in [0.15, 0.2) is 0 Å². The number of hydrogen-bond acceptors (Lipinski definition) is 3. The molecule has 0 fully saturated rings. The van der Waals surface area contributed by atoms with Crippen molar-refractivity contribution in [2.75, 3.05) is 20.3 Å². The maximum absolute atomic E-state index is 10.8. The van der Waals surface area contributed by atoms with Gasteiger partial charge in [-0.05, 0) is 17.7 Å². The fourth-order valence-electron chi connectivity index (χ4n) is 1.85. The van der Waals surface area contributed by atoms with E-state index in [1.807, 2.05) is 42.5 Å². The third-order valence-corrected chi connectivity index (χ3v) is 2.77. The summed E-state index contributed by atoms with van der Waals surface area (Å²) in [5.74, 6) is 0.794. The van der Waals surface area contributed by atoms with E-state index in [1.54, 1.807) is 13.2 Å². The SMILES string of the molecule is COCCOc1ccccc1-c1cccc(C=O)c1. The molecule has 2 aromatic carbocycles. The molecule has 0 unspecified atom stereocenters. The largest absolute Gasteiger partial charge is 0.491 e. The number of methoxy groups -OCH3 is 1. The Bertz CT molecular complexity index is 549. The van der Waals surface area contributed by atoms with E-state index in [9.17, 15) is 4.79 Å². The summed E-state index contributed by atoms with van der Waals surface area (Å²) in [4.78, 5) is 10.8. The Hall–Kier alpha value is -2.13. The number of ether oxygens (including phenoxy) is 2. The predicted molar refractivity (Wildman–Crippen MR) is 74.6 cm³/mol. The average molecular weight is 256 g/mol. The Morgan fingerprint density at radius 2 is 1.89 bits per heavy atom. The average Bonchev–Trinajstić information content (AvgIpc) is 2.48. The maximum Gasteiger partial charge on any atom is 0.150 e. The molecule has 0 radical (unpaired) electrons. The van der Waals surface area contributed by atoms with Gasteiger partial charge in [0.2, 0.25) is 0 Å². The van der Waals surface area contributed by atoms with Crippen LogP contribution < -0.4 is 4.74 Å². The van der Waals surface area contributed by atoms with Crippen LogP contribution in [0.1, 0.15) is 10.4 Å². The van der Waals surface area contributed by atoms with E-state index in [0.29, 0.717) is 18.8 Å². The molecule has 0 saturated carbocycles. The van der Waals surface area contributed by atoms with Crippen molar-refractivity contribution in [2.24, 2.45) is 0 Å². The van der Waals surface area contributed by atoms with E-state index >= 15 is 0 Å². The molecule has 0 spiro atoms. The van der Waals surface area contributed by atoms with Gasteiger partial charge in [0.05, 0.1) is 6.61 Å². The van der Waals surface area contributed by atoms with Crippen LogP contribution in [0.3, 0.4) is 0 Å². The van der Waals surface area contributed by atoms with Crippen LogP contribution in [0.5, 0.6) is 5.75 Å². The van der Waals surface area contributed by atoms with Gasteiger partial charge in [-0.15, -0.1) is 0 Å². The first-order valence-corrected chi connectivity index (χ1v) is 6.11. The lowest BCUT2D eigenvalue weighted by Gasteiger charge is -2.11. The van der Waals surface area contributed by atoms with Crippen LogP contribution >= 0.6 is 0 Å². The van der Waals surface area contributed by atoms with E-state index in [4.69, 9.17) is 9.47 Å². The zero-order chi connectivity index (χ0) is 13.5.